The lowest BCUT2D eigenvalue weighted by Gasteiger charge is -2.13. The van der Waals surface area contributed by atoms with Crippen LogP contribution in [0.25, 0.3) is 0 Å². The van der Waals surface area contributed by atoms with Crippen LogP contribution in [0.3, 0.4) is 0 Å². The molecule has 2 aromatic rings. The van der Waals surface area contributed by atoms with E-state index in [0.29, 0.717) is 3.79 Å². The summed E-state index contributed by atoms with van der Waals surface area (Å²) < 4.78 is 27.3. The first-order chi connectivity index (χ1) is 10.7. The van der Waals surface area contributed by atoms with Crippen LogP contribution in [0.1, 0.15) is 20.7 Å². The highest BCUT2D eigenvalue weighted by atomic mass is 79.9. The SMILES string of the molecule is CN(C)C(=O)c1cccnc1S(=O)(=O)NC(=O)c1ccsc1Br. The number of sulfonamides is 1. The molecule has 122 valence electrons. The number of thiophene rings is 1. The molecule has 0 saturated heterocycles. The van der Waals surface area contributed by atoms with E-state index < -0.39 is 26.9 Å². The lowest BCUT2D eigenvalue weighted by atomic mass is 10.2. The number of aromatic nitrogens is 1. The quantitative estimate of drug-likeness (QED) is 0.816. The first-order valence-corrected chi connectivity index (χ1v) is 9.36. The number of hydrogen-bond donors (Lipinski definition) is 1. The molecule has 0 aliphatic heterocycles. The Morgan fingerprint density at radius 3 is 2.52 bits per heavy atom. The number of nitrogens with one attached hydrogen (secondary N) is 1. The molecule has 2 heterocycles. The molecule has 0 radical (unpaired) electrons. The van der Waals surface area contributed by atoms with Gasteiger partial charge in [-0.3, -0.25) is 9.59 Å². The Morgan fingerprint density at radius 1 is 1.26 bits per heavy atom. The maximum Gasteiger partial charge on any atom is 0.282 e. The third-order valence-corrected chi connectivity index (χ3v) is 5.73. The lowest BCUT2D eigenvalue weighted by Crippen LogP contribution is -2.33. The van der Waals surface area contributed by atoms with Crippen LogP contribution < -0.4 is 4.72 Å². The lowest BCUT2D eigenvalue weighted by molar-refractivity contribution is 0.0822. The minimum Gasteiger partial charge on any atom is -0.345 e. The van der Waals surface area contributed by atoms with Crippen LogP contribution in [0.2, 0.25) is 0 Å². The molecule has 2 aromatic heterocycles. The number of nitrogens with zero attached hydrogens (tertiary/aromatic N) is 2. The Bertz CT molecular complexity index is 862. The summed E-state index contributed by atoms with van der Waals surface area (Å²) in [5.74, 6) is -1.32. The number of halogens is 1. The van der Waals surface area contributed by atoms with Gasteiger partial charge in [0.25, 0.3) is 21.8 Å². The molecule has 0 atom stereocenters. The Labute approximate surface area is 145 Å². The molecule has 10 heteroatoms. The molecule has 2 rings (SSSR count). The van der Waals surface area contributed by atoms with Crippen molar-refractivity contribution in [3.05, 3.63) is 44.7 Å². The number of carbonyl (C=O) groups is 2. The van der Waals surface area contributed by atoms with Crippen LogP contribution in [-0.2, 0) is 10.0 Å². The van der Waals surface area contributed by atoms with E-state index in [0.717, 1.165) is 0 Å². The molecule has 7 nitrogen and oxygen atoms in total. The highest BCUT2D eigenvalue weighted by molar-refractivity contribution is 9.11. The van der Waals surface area contributed by atoms with Gasteiger partial charge in [-0.15, -0.1) is 11.3 Å². The summed E-state index contributed by atoms with van der Waals surface area (Å²) in [6, 6.07) is 4.28. The molecule has 0 aromatic carbocycles. The molecular formula is C13H12BrN3O4S2. The summed E-state index contributed by atoms with van der Waals surface area (Å²) >= 11 is 4.42. The molecule has 23 heavy (non-hydrogen) atoms. The molecule has 1 N–H and O–H groups in total. The standard InChI is InChI=1S/C13H12BrN3O4S2/c1-17(2)13(19)9-4-3-6-15-12(9)23(20,21)16-11(18)8-5-7-22-10(8)14/h3-7H,1-2H3,(H,16,18). The van der Waals surface area contributed by atoms with Gasteiger partial charge in [0, 0.05) is 20.3 Å². The van der Waals surface area contributed by atoms with Gasteiger partial charge in [0.05, 0.1) is 14.9 Å². The fraction of sp³-hybridized carbons (Fsp3) is 0.154. The molecular weight excluding hydrogens is 406 g/mol. The summed E-state index contributed by atoms with van der Waals surface area (Å²) in [6.07, 6.45) is 1.24. The summed E-state index contributed by atoms with van der Waals surface area (Å²) in [6.45, 7) is 0. The van der Waals surface area contributed by atoms with Gasteiger partial charge in [0.2, 0.25) is 0 Å². The van der Waals surface area contributed by atoms with E-state index in [4.69, 9.17) is 0 Å². The van der Waals surface area contributed by atoms with Crippen molar-refractivity contribution in [1.29, 1.82) is 0 Å². The van der Waals surface area contributed by atoms with E-state index in [2.05, 4.69) is 20.9 Å². The van der Waals surface area contributed by atoms with Crippen molar-refractivity contribution in [2.45, 2.75) is 5.03 Å². The number of hydrogen-bond acceptors (Lipinski definition) is 6. The molecule has 2 amide bonds. The first-order valence-electron chi connectivity index (χ1n) is 6.21. The minimum absolute atomic E-state index is 0.109. The van der Waals surface area contributed by atoms with Crippen molar-refractivity contribution in [3.8, 4) is 0 Å². The van der Waals surface area contributed by atoms with Gasteiger partial charge in [-0.25, -0.2) is 9.71 Å². The van der Waals surface area contributed by atoms with Crippen LogP contribution in [-0.4, -0.2) is 44.2 Å². The van der Waals surface area contributed by atoms with E-state index in [-0.39, 0.29) is 11.1 Å². The summed E-state index contributed by atoms with van der Waals surface area (Å²) in [7, 11) is -1.30. The number of carbonyl (C=O) groups excluding carboxylic acids is 2. The fourth-order valence-electron chi connectivity index (χ4n) is 1.69. The van der Waals surface area contributed by atoms with Crippen LogP contribution in [0.4, 0.5) is 0 Å². The van der Waals surface area contributed by atoms with Gasteiger partial charge in [0.15, 0.2) is 5.03 Å². The molecule has 0 bridgehead atoms. The second-order valence-corrected chi connectivity index (χ2v) is 8.43. The van der Waals surface area contributed by atoms with Crippen LogP contribution in [0, 0.1) is 0 Å². The molecule has 0 saturated carbocycles. The van der Waals surface area contributed by atoms with Crippen molar-refractivity contribution in [2.24, 2.45) is 0 Å². The Kier molecular flexibility index (Phi) is 5.17. The van der Waals surface area contributed by atoms with Gasteiger partial charge in [-0.1, -0.05) is 0 Å². The van der Waals surface area contributed by atoms with Crippen LogP contribution in [0.5, 0.6) is 0 Å². The monoisotopic (exact) mass is 417 g/mol. The van der Waals surface area contributed by atoms with Crippen molar-refractivity contribution in [3.63, 3.8) is 0 Å². The van der Waals surface area contributed by atoms with Crippen molar-refractivity contribution in [1.82, 2.24) is 14.6 Å². The van der Waals surface area contributed by atoms with E-state index in [9.17, 15) is 18.0 Å². The normalized spacial score (nSPS) is 11.1. The second kappa shape index (κ2) is 6.77. The number of rotatable bonds is 4. The Balaban J connectivity index is 2.40. The van der Waals surface area contributed by atoms with Crippen molar-refractivity contribution < 1.29 is 18.0 Å². The van der Waals surface area contributed by atoms with Crippen molar-refractivity contribution in [2.75, 3.05) is 14.1 Å². The first kappa shape index (κ1) is 17.6. The molecule has 0 unspecified atom stereocenters. The Hall–Kier alpha value is -1.78. The average molecular weight is 418 g/mol. The van der Waals surface area contributed by atoms with Gasteiger partial charge in [-0.2, -0.15) is 8.42 Å². The van der Waals surface area contributed by atoms with Crippen molar-refractivity contribution >= 4 is 49.1 Å². The van der Waals surface area contributed by atoms with E-state index >= 15 is 0 Å². The molecule has 0 aliphatic carbocycles. The maximum absolute atomic E-state index is 12.4. The predicted octanol–water partition coefficient (Wildman–Crippen LogP) is 1.73. The van der Waals surface area contributed by atoms with Gasteiger partial charge in [-0.05, 0) is 39.5 Å². The number of pyridine rings is 1. The predicted molar refractivity (Wildman–Crippen MR) is 88.9 cm³/mol. The minimum atomic E-state index is -4.29. The van der Waals surface area contributed by atoms with Crippen LogP contribution in [0.15, 0.2) is 38.6 Å². The van der Waals surface area contributed by atoms with E-state index in [1.165, 1.54) is 54.7 Å². The third-order valence-electron chi connectivity index (χ3n) is 2.75. The summed E-state index contributed by atoms with van der Waals surface area (Å²) in [4.78, 5) is 29.2. The van der Waals surface area contributed by atoms with E-state index in [1.54, 1.807) is 5.38 Å². The van der Waals surface area contributed by atoms with E-state index in [1.807, 2.05) is 4.72 Å². The smallest absolute Gasteiger partial charge is 0.282 e. The molecule has 0 spiro atoms. The molecule has 0 fully saturated rings. The number of amides is 2. The zero-order valence-electron chi connectivity index (χ0n) is 12.1. The van der Waals surface area contributed by atoms with Gasteiger partial charge in [0.1, 0.15) is 0 Å². The zero-order chi connectivity index (χ0) is 17.2. The largest absolute Gasteiger partial charge is 0.345 e. The zero-order valence-corrected chi connectivity index (χ0v) is 15.3. The summed E-state index contributed by atoms with van der Waals surface area (Å²) in [5, 5.41) is 1.16. The average Bonchev–Trinajstić information content (AvgIpc) is 2.92. The second-order valence-electron chi connectivity index (χ2n) is 4.60. The van der Waals surface area contributed by atoms with Crippen LogP contribution >= 0.6 is 27.3 Å². The highest BCUT2D eigenvalue weighted by Crippen LogP contribution is 2.24. The topological polar surface area (TPSA) is 96.4 Å². The highest BCUT2D eigenvalue weighted by Gasteiger charge is 2.27. The Morgan fingerprint density at radius 2 is 1.96 bits per heavy atom. The maximum atomic E-state index is 12.4. The van der Waals surface area contributed by atoms with Gasteiger partial charge < -0.3 is 4.90 Å². The summed E-state index contributed by atoms with van der Waals surface area (Å²) in [5.41, 5.74) is 0.0807. The van der Waals surface area contributed by atoms with Gasteiger partial charge >= 0.3 is 0 Å². The molecule has 0 aliphatic rings. The third kappa shape index (κ3) is 3.77. The fourth-order valence-corrected chi connectivity index (χ4v) is 4.03.